The molecule has 0 heterocycles. The summed E-state index contributed by atoms with van der Waals surface area (Å²) in [6.45, 7) is 0. The summed E-state index contributed by atoms with van der Waals surface area (Å²) >= 11 is 1.34. The lowest BCUT2D eigenvalue weighted by Gasteiger charge is -2.17. The number of carboxylic acids is 1. The van der Waals surface area contributed by atoms with Gasteiger partial charge < -0.3 is 10.8 Å². The van der Waals surface area contributed by atoms with Crippen LogP contribution < -0.4 is 5.73 Å². The fourth-order valence-electron chi connectivity index (χ4n) is 2.21. The predicted octanol–water partition coefficient (Wildman–Crippen LogP) is 2.02. The Kier molecular flexibility index (Phi) is 3.77. The van der Waals surface area contributed by atoms with Crippen LogP contribution in [0.15, 0.2) is 29.2 Å². The van der Waals surface area contributed by atoms with Crippen LogP contribution in [0, 0.1) is 10.1 Å². The lowest BCUT2D eigenvalue weighted by atomic mass is 10.0. The first kappa shape index (κ1) is 13.8. The fourth-order valence-corrected chi connectivity index (χ4v) is 3.61. The second kappa shape index (κ2) is 5.18. The van der Waals surface area contributed by atoms with E-state index in [4.69, 9.17) is 10.8 Å². The van der Waals surface area contributed by atoms with E-state index in [0.717, 1.165) is 0 Å². The molecule has 2 atom stereocenters. The highest BCUT2D eigenvalue weighted by Gasteiger charge is 2.42. The average Bonchev–Trinajstić information content (AvgIpc) is 2.73. The SMILES string of the molecule is NC1(C(=O)O)CCC(Sc2ccccc2[N+](=O)[O-])C1. The molecule has 0 amide bonds. The van der Waals surface area contributed by atoms with Gasteiger partial charge in [0.1, 0.15) is 5.54 Å². The van der Waals surface area contributed by atoms with Crippen molar-refractivity contribution >= 4 is 23.4 Å². The zero-order chi connectivity index (χ0) is 14.0. The maximum Gasteiger partial charge on any atom is 0.323 e. The number of hydrogen-bond donors (Lipinski definition) is 2. The van der Waals surface area contributed by atoms with Gasteiger partial charge in [-0.15, -0.1) is 11.8 Å². The molecule has 2 rings (SSSR count). The van der Waals surface area contributed by atoms with Crippen molar-refractivity contribution < 1.29 is 14.8 Å². The first-order chi connectivity index (χ1) is 8.92. The van der Waals surface area contributed by atoms with Crippen LogP contribution in [-0.4, -0.2) is 26.8 Å². The van der Waals surface area contributed by atoms with Crippen LogP contribution in [-0.2, 0) is 4.79 Å². The van der Waals surface area contributed by atoms with Crippen LogP contribution in [0.1, 0.15) is 19.3 Å². The van der Waals surface area contributed by atoms with Crippen LogP contribution in [0.3, 0.4) is 0 Å². The monoisotopic (exact) mass is 282 g/mol. The summed E-state index contributed by atoms with van der Waals surface area (Å²) in [4.78, 5) is 22.1. The predicted molar refractivity (Wildman–Crippen MR) is 71.1 cm³/mol. The molecule has 1 aliphatic carbocycles. The highest BCUT2D eigenvalue weighted by Crippen LogP contribution is 2.41. The van der Waals surface area contributed by atoms with E-state index in [-0.39, 0.29) is 10.9 Å². The normalized spacial score (nSPS) is 26.3. The second-order valence-corrected chi connectivity index (χ2v) is 6.01. The molecule has 1 saturated carbocycles. The van der Waals surface area contributed by atoms with Crippen molar-refractivity contribution in [2.24, 2.45) is 5.73 Å². The number of para-hydroxylation sites is 1. The molecule has 1 aliphatic rings. The average molecular weight is 282 g/mol. The number of aliphatic carboxylic acids is 1. The van der Waals surface area contributed by atoms with Gasteiger partial charge in [-0.2, -0.15) is 0 Å². The van der Waals surface area contributed by atoms with E-state index in [1.165, 1.54) is 17.8 Å². The lowest BCUT2D eigenvalue weighted by Crippen LogP contribution is -2.45. The zero-order valence-corrected chi connectivity index (χ0v) is 10.9. The van der Waals surface area contributed by atoms with Gasteiger partial charge in [-0.3, -0.25) is 14.9 Å². The van der Waals surface area contributed by atoms with Crippen molar-refractivity contribution in [2.75, 3.05) is 0 Å². The Labute approximate surface area is 114 Å². The number of carboxylic acid groups (broad SMARTS) is 1. The molecule has 0 spiro atoms. The molecule has 19 heavy (non-hydrogen) atoms. The number of nitrogens with two attached hydrogens (primary N) is 1. The van der Waals surface area contributed by atoms with Gasteiger partial charge in [0.2, 0.25) is 0 Å². The standard InChI is InChI=1S/C12H14N2O4S/c13-12(11(15)16)6-5-8(7-12)19-10-4-2-1-3-9(10)14(17)18/h1-4,8H,5-7,13H2,(H,15,16). The summed E-state index contributed by atoms with van der Waals surface area (Å²) in [6.07, 6.45) is 1.39. The fraction of sp³-hybridized carbons (Fsp3) is 0.417. The molecule has 0 bridgehead atoms. The largest absolute Gasteiger partial charge is 0.480 e. The quantitative estimate of drug-likeness (QED) is 0.646. The van der Waals surface area contributed by atoms with Crippen LogP contribution >= 0.6 is 11.8 Å². The van der Waals surface area contributed by atoms with E-state index in [1.54, 1.807) is 18.2 Å². The molecule has 0 saturated heterocycles. The lowest BCUT2D eigenvalue weighted by molar-refractivity contribution is -0.387. The highest BCUT2D eigenvalue weighted by molar-refractivity contribution is 8.00. The molecule has 1 aromatic rings. The Morgan fingerprint density at radius 3 is 2.79 bits per heavy atom. The minimum absolute atomic E-state index is 0.00204. The van der Waals surface area contributed by atoms with Crippen molar-refractivity contribution in [3.63, 3.8) is 0 Å². The Hall–Kier alpha value is -1.60. The Bertz CT molecular complexity index is 522. The number of nitrogens with zero attached hydrogens (tertiary/aromatic N) is 1. The summed E-state index contributed by atoms with van der Waals surface area (Å²) in [5.41, 5.74) is 4.66. The maximum absolute atomic E-state index is 11.1. The maximum atomic E-state index is 11.1. The van der Waals surface area contributed by atoms with Crippen molar-refractivity contribution in [2.45, 2.75) is 34.9 Å². The van der Waals surface area contributed by atoms with Gasteiger partial charge in [-0.1, -0.05) is 12.1 Å². The number of carbonyl (C=O) groups is 1. The minimum Gasteiger partial charge on any atom is -0.480 e. The molecule has 1 fully saturated rings. The van der Waals surface area contributed by atoms with Gasteiger partial charge in [0.05, 0.1) is 9.82 Å². The minimum atomic E-state index is -1.19. The molecule has 102 valence electrons. The van der Waals surface area contributed by atoms with Gasteiger partial charge in [-0.25, -0.2) is 0 Å². The molecule has 0 aliphatic heterocycles. The van der Waals surface area contributed by atoms with Crippen LogP contribution in [0.5, 0.6) is 0 Å². The van der Waals surface area contributed by atoms with Crippen molar-refractivity contribution in [1.29, 1.82) is 0 Å². The third kappa shape index (κ3) is 2.87. The number of thioether (sulfide) groups is 1. The van der Waals surface area contributed by atoms with E-state index in [1.807, 2.05) is 0 Å². The molecule has 0 radical (unpaired) electrons. The number of hydrogen-bond acceptors (Lipinski definition) is 5. The van der Waals surface area contributed by atoms with Gasteiger partial charge >= 0.3 is 5.97 Å². The smallest absolute Gasteiger partial charge is 0.323 e. The Morgan fingerprint density at radius 2 is 2.21 bits per heavy atom. The topological polar surface area (TPSA) is 106 Å². The van der Waals surface area contributed by atoms with E-state index in [0.29, 0.717) is 24.2 Å². The first-order valence-electron chi connectivity index (χ1n) is 5.85. The third-order valence-electron chi connectivity index (χ3n) is 3.29. The molecular formula is C12H14N2O4S. The number of rotatable bonds is 4. The number of nitro benzene ring substituents is 1. The highest BCUT2D eigenvalue weighted by atomic mass is 32.2. The van der Waals surface area contributed by atoms with Crippen LogP contribution in [0.25, 0.3) is 0 Å². The van der Waals surface area contributed by atoms with Gasteiger partial charge in [0.15, 0.2) is 0 Å². The van der Waals surface area contributed by atoms with Gasteiger partial charge in [-0.05, 0) is 25.3 Å². The molecule has 3 N–H and O–H groups in total. The van der Waals surface area contributed by atoms with Crippen LogP contribution in [0.4, 0.5) is 5.69 Å². The third-order valence-corrected chi connectivity index (χ3v) is 4.62. The molecule has 1 aromatic carbocycles. The van der Waals surface area contributed by atoms with Crippen molar-refractivity contribution in [3.05, 3.63) is 34.4 Å². The van der Waals surface area contributed by atoms with E-state index in [2.05, 4.69) is 0 Å². The first-order valence-corrected chi connectivity index (χ1v) is 6.73. The second-order valence-electron chi connectivity index (χ2n) is 4.67. The summed E-state index contributed by atoms with van der Waals surface area (Å²) in [6, 6.07) is 6.47. The Balaban J connectivity index is 2.12. The molecular weight excluding hydrogens is 268 g/mol. The zero-order valence-electron chi connectivity index (χ0n) is 10.1. The molecule has 6 nitrogen and oxygen atoms in total. The molecule has 7 heteroatoms. The van der Waals surface area contributed by atoms with Gasteiger partial charge in [0.25, 0.3) is 5.69 Å². The summed E-state index contributed by atoms with van der Waals surface area (Å²) < 4.78 is 0. The van der Waals surface area contributed by atoms with Crippen LogP contribution in [0.2, 0.25) is 0 Å². The summed E-state index contributed by atoms with van der Waals surface area (Å²) in [7, 11) is 0. The summed E-state index contributed by atoms with van der Waals surface area (Å²) in [5, 5.41) is 20.0. The number of nitro groups is 1. The Morgan fingerprint density at radius 1 is 1.53 bits per heavy atom. The number of benzene rings is 1. The summed E-state index contributed by atoms with van der Waals surface area (Å²) in [5.74, 6) is -1.00. The van der Waals surface area contributed by atoms with E-state index in [9.17, 15) is 14.9 Å². The van der Waals surface area contributed by atoms with E-state index >= 15 is 0 Å². The van der Waals surface area contributed by atoms with E-state index < -0.39 is 16.4 Å². The van der Waals surface area contributed by atoms with Crippen molar-refractivity contribution in [3.8, 4) is 0 Å². The molecule has 2 unspecified atom stereocenters. The van der Waals surface area contributed by atoms with Gasteiger partial charge in [0, 0.05) is 11.3 Å². The van der Waals surface area contributed by atoms with Crippen molar-refractivity contribution in [1.82, 2.24) is 0 Å². The molecule has 0 aromatic heterocycles.